The van der Waals surface area contributed by atoms with Gasteiger partial charge in [-0.25, -0.2) is 0 Å². The van der Waals surface area contributed by atoms with Crippen LogP contribution >= 0.6 is 11.8 Å². The number of hydrogen-bond acceptors (Lipinski definition) is 5. The average Bonchev–Trinajstić information content (AvgIpc) is 2.86. The van der Waals surface area contributed by atoms with Gasteiger partial charge in [-0.05, 0) is 52.7 Å². The first-order chi connectivity index (χ1) is 16.8. The highest BCUT2D eigenvalue weighted by Crippen LogP contribution is 2.22. The maximum absolute atomic E-state index is 13.0. The predicted molar refractivity (Wildman–Crippen MR) is 144 cm³/mol. The normalized spacial score (nSPS) is 15.4. The molecule has 1 aliphatic heterocycles. The van der Waals surface area contributed by atoms with E-state index in [2.05, 4.69) is 60.6 Å². The Morgan fingerprint density at radius 2 is 1.63 bits per heavy atom. The Balaban J connectivity index is 1.54. The van der Waals surface area contributed by atoms with Crippen molar-refractivity contribution in [3.8, 4) is 0 Å². The highest BCUT2D eigenvalue weighted by molar-refractivity contribution is 7.98. The zero-order valence-electron chi connectivity index (χ0n) is 21.4. The molecule has 1 atom stereocenters. The van der Waals surface area contributed by atoms with Crippen molar-refractivity contribution in [2.45, 2.75) is 51.7 Å². The first-order valence-electron chi connectivity index (χ1n) is 12.3. The van der Waals surface area contributed by atoms with Crippen LogP contribution in [0.5, 0.6) is 0 Å². The lowest BCUT2D eigenvalue weighted by Crippen LogP contribution is -2.46. The molecule has 0 saturated carbocycles. The Kier molecular flexibility index (Phi) is 10.2. The molecule has 2 N–H and O–H groups in total. The van der Waals surface area contributed by atoms with Crippen LogP contribution in [0.1, 0.15) is 54.2 Å². The number of morpholine rings is 1. The minimum atomic E-state index is -0.571. The van der Waals surface area contributed by atoms with Crippen LogP contribution in [0.15, 0.2) is 48.5 Å². The first kappa shape index (κ1) is 27.2. The molecule has 2 amide bonds. The topological polar surface area (TPSA) is 70.7 Å². The molecule has 0 unspecified atom stereocenters. The average molecular weight is 498 g/mol. The van der Waals surface area contributed by atoms with Gasteiger partial charge < -0.3 is 15.4 Å². The molecular formula is C28H39N3O3S. The fraction of sp³-hybridized carbons (Fsp3) is 0.500. The molecule has 2 aromatic rings. The summed E-state index contributed by atoms with van der Waals surface area (Å²) in [4.78, 5) is 28.2. The lowest BCUT2D eigenvalue weighted by atomic mass is 9.86. The molecule has 190 valence electrons. The van der Waals surface area contributed by atoms with Crippen LogP contribution < -0.4 is 10.6 Å². The monoisotopic (exact) mass is 497 g/mol. The number of nitrogens with one attached hydrogen (secondary N) is 2. The van der Waals surface area contributed by atoms with Gasteiger partial charge in [-0.2, -0.15) is 11.8 Å². The molecule has 1 saturated heterocycles. The summed E-state index contributed by atoms with van der Waals surface area (Å²) < 4.78 is 5.41. The third kappa shape index (κ3) is 8.67. The molecule has 7 heteroatoms. The molecule has 1 aliphatic rings. The van der Waals surface area contributed by atoms with E-state index in [0.29, 0.717) is 18.5 Å². The molecule has 0 radical (unpaired) electrons. The van der Waals surface area contributed by atoms with E-state index in [-0.39, 0.29) is 17.2 Å². The van der Waals surface area contributed by atoms with E-state index < -0.39 is 6.04 Å². The fourth-order valence-electron chi connectivity index (χ4n) is 3.96. The number of hydrogen-bond donors (Lipinski definition) is 2. The summed E-state index contributed by atoms with van der Waals surface area (Å²) in [5.74, 6) is 0.410. The van der Waals surface area contributed by atoms with E-state index in [1.54, 1.807) is 11.8 Å². The van der Waals surface area contributed by atoms with Crippen molar-refractivity contribution >= 4 is 23.6 Å². The van der Waals surface area contributed by atoms with E-state index in [4.69, 9.17) is 4.74 Å². The number of carbonyl (C=O) groups excluding carboxylic acids is 2. The number of rotatable bonds is 10. The Morgan fingerprint density at radius 1 is 1.00 bits per heavy atom. The summed E-state index contributed by atoms with van der Waals surface area (Å²) in [5, 5.41) is 5.94. The molecule has 2 aromatic carbocycles. The summed E-state index contributed by atoms with van der Waals surface area (Å²) in [6.07, 6.45) is 2.58. The van der Waals surface area contributed by atoms with Crippen LogP contribution in [0.25, 0.3) is 0 Å². The van der Waals surface area contributed by atoms with Crippen LogP contribution in [-0.4, -0.2) is 61.1 Å². The molecule has 0 aliphatic carbocycles. The second-order valence-electron chi connectivity index (χ2n) is 10.1. The quantitative estimate of drug-likeness (QED) is 0.520. The second kappa shape index (κ2) is 13.1. The van der Waals surface area contributed by atoms with Crippen molar-refractivity contribution in [1.82, 2.24) is 15.5 Å². The number of amides is 2. The minimum Gasteiger partial charge on any atom is -0.379 e. The molecule has 0 bridgehead atoms. The zero-order valence-corrected chi connectivity index (χ0v) is 22.2. The highest BCUT2D eigenvalue weighted by Gasteiger charge is 2.22. The molecule has 35 heavy (non-hydrogen) atoms. The van der Waals surface area contributed by atoms with Crippen LogP contribution in [0.4, 0.5) is 0 Å². The fourth-order valence-corrected chi connectivity index (χ4v) is 4.43. The smallest absolute Gasteiger partial charge is 0.251 e. The lowest BCUT2D eigenvalue weighted by Gasteiger charge is -2.26. The van der Waals surface area contributed by atoms with Gasteiger partial charge in [-0.15, -0.1) is 0 Å². The summed E-state index contributed by atoms with van der Waals surface area (Å²) in [6, 6.07) is 15.4. The standard InChI is InChI=1S/C28H39N3O3S/c1-28(2,3)24-11-9-23(10-12-24)26(32)30-25(13-18-35-4)27(33)29-19-21-5-7-22(8-6-21)20-31-14-16-34-17-15-31/h5-12,25H,13-20H2,1-4H3,(H,29,33)(H,30,32)/t25-/m0/s1. The van der Waals surface area contributed by atoms with E-state index >= 15 is 0 Å². The van der Waals surface area contributed by atoms with Crippen molar-refractivity contribution in [2.75, 3.05) is 38.3 Å². The second-order valence-corrected chi connectivity index (χ2v) is 11.0. The SMILES string of the molecule is CSCC[C@H](NC(=O)c1ccc(C(C)(C)C)cc1)C(=O)NCc1ccc(CN2CCOCC2)cc1. The van der Waals surface area contributed by atoms with Gasteiger partial charge in [0.15, 0.2) is 0 Å². The van der Waals surface area contributed by atoms with Crippen molar-refractivity contribution < 1.29 is 14.3 Å². The highest BCUT2D eigenvalue weighted by atomic mass is 32.2. The number of benzene rings is 2. The Hall–Kier alpha value is -2.35. The summed E-state index contributed by atoms with van der Waals surface area (Å²) in [7, 11) is 0. The van der Waals surface area contributed by atoms with Gasteiger partial charge in [0.25, 0.3) is 5.91 Å². The van der Waals surface area contributed by atoms with Crippen molar-refractivity contribution in [1.29, 1.82) is 0 Å². The van der Waals surface area contributed by atoms with E-state index in [0.717, 1.165) is 44.2 Å². The largest absolute Gasteiger partial charge is 0.379 e. The van der Waals surface area contributed by atoms with Gasteiger partial charge >= 0.3 is 0 Å². The van der Waals surface area contributed by atoms with E-state index in [1.165, 1.54) is 11.1 Å². The molecule has 6 nitrogen and oxygen atoms in total. The van der Waals surface area contributed by atoms with Crippen LogP contribution in [0, 0.1) is 0 Å². The number of nitrogens with zero attached hydrogens (tertiary/aromatic N) is 1. The summed E-state index contributed by atoms with van der Waals surface area (Å²) in [6.45, 7) is 11.3. The summed E-state index contributed by atoms with van der Waals surface area (Å²) in [5.41, 5.74) is 4.05. The van der Waals surface area contributed by atoms with Gasteiger partial charge in [0.1, 0.15) is 6.04 Å². The minimum absolute atomic E-state index is 0.0243. The van der Waals surface area contributed by atoms with Gasteiger partial charge in [-0.1, -0.05) is 57.2 Å². The molecule has 1 heterocycles. The number of carbonyl (C=O) groups is 2. The van der Waals surface area contributed by atoms with Gasteiger partial charge in [0.05, 0.1) is 13.2 Å². The maximum atomic E-state index is 13.0. The lowest BCUT2D eigenvalue weighted by molar-refractivity contribution is -0.123. The van der Waals surface area contributed by atoms with Crippen molar-refractivity contribution in [2.24, 2.45) is 0 Å². The first-order valence-corrected chi connectivity index (χ1v) is 13.7. The predicted octanol–water partition coefficient (Wildman–Crippen LogP) is 3.98. The number of ether oxygens (including phenoxy) is 1. The van der Waals surface area contributed by atoms with Gasteiger partial charge in [-0.3, -0.25) is 14.5 Å². The Bertz CT molecular complexity index is 949. The van der Waals surface area contributed by atoms with Crippen molar-refractivity contribution in [3.63, 3.8) is 0 Å². The summed E-state index contributed by atoms with van der Waals surface area (Å²) >= 11 is 1.66. The Morgan fingerprint density at radius 3 is 2.23 bits per heavy atom. The number of thioether (sulfide) groups is 1. The van der Waals surface area contributed by atoms with Crippen molar-refractivity contribution in [3.05, 3.63) is 70.8 Å². The Labute approximate surface area is 214 Å². The van der Waals surface area contributed by atoms with E-state index in [9.17, 15) is 9.59 Å². The molecule has 1 fully saturated rings. The molecular weight excluding hydrogens is 458 g/mol. The maximum Gasteiger partial charge on any atom is 0.251 e. The molecule has 3 rings (SSSR count). The van der Waals surface area contributed by atoms with E-state index in [1.807, 2.05) is 30.5 Å². The third-order valence-electron chi connectivity index (χ3n) is 6.25. The van der Waals surface area contributed by atoms with Crippen LogP contribution in [-0.2, 0) is 28.0 Å². The third-order valence-corrected chi connectivity index (χ3v) is 6.89. The zero-order chi connectivity index (χ0) is 25.3. The van der Waals surface area contributed by atoms with Crippen LogP contribution in [0.3, 0.4) is 0 Å². The van der Waals surface area contributed by atoms with Gasteiger partial charge in [0, 0.05) is 31.7 Å². The molecule has 0 aromatic heterocycles. The van der Waals surface area contributed by atoms with Crippen LogP contribution in [0.2, 0.25) is 0 Å². The van der Waals surface area contributed by atoms with Gasteiger partial charge in [0.2, 0.25) is 5.91 Å². The molecule has 0 spiro atoms.